The van der Waals surface area contributed by atoms with Crippen molar-refractivity contribution in [1.29, 1.82) is 0 Å². The number of aromatic nitrogens is 3. The van der Waals surface area contributed by atoms with Crippen molar-refractivity contribution in [3.63, 3.8) is 0 Å². The van der Waals surface area contributed by atoms with E-state index in [0.29, 0.717) is 5.95 Å². The molecule has 3 heterocycles. The maximum absolute atomic E-state index is 6.73. The number of benzene rings is 7. The van der Waals surface area contributed by atoms with Crippen molar-refractivity contribution in [2.24, 2.45) is 0 Å². The van der Waals surface area contributed by atoms with Crippen LogP contribution in [0, 0.1) is 13.8 Å². The molecule has 252 valence electrons. The van der Waals surface area contributed by atoms with Gasteiger partial charge in [0, 0.05) is 37.9 Å². The van der Waals surface area contributed by atoms with Gasteiger partial charge in [-0.1, -0.05) is 116 Å². The van der Waals surface area contributed by atoms with Crippen molar-refractivity contribution in [3.05, 3.63) is 162 Å². The largest absolute Gasteiger partial charge is 0.454 e. The summed E-state index contributed by atoms with van der Waals surface area (Å²) in [5, 5.41) is 5.43. The SMILES string of the molecule is Cc1cc(C)cc(-c2nc(-n3c4ccc(-c5ccc6c(c5)-c5ccccc5C6(C)C)cc4c4ccc5c6ccccc6oc5c43)nc3ccccc23)c1. The van der Waals surface area contributed by atoms with E-state index in [9.17, 15) is 0 Å². The maximum Gasteiger partial charge on any atom is 0.235 e. The fraction of sp³-hybridized carbons (Fsp3) is 0.102. The average Bonchev–Trinajstić information content (AvgIpc) is 3.79. The molecule has 1 aliphatic rings. The zero-order valence-corrected chi connectivity index (χ0v) is 30.0. The molecule has 1 aliphatic carbocycles. The third kappa shape index (κ3) is 4.30. The number of nitrogens with zero attached hydrogens (tertiary/aromatic N) is 3. The zero-order valence-electron chi connectivity index (χ0n) is 30.0. The van der Waals surface area contributed by atoms with Crippen molar-refractivity contribution < 1.29 is 4.42 Å². The molecular weight excluding hydrogens is 647 g/mol. The Morgan fingerprint density at radius 3 is 2.09 bits per heavy atom. The molecule has 4 nitrogen and oxygen atoms in total. The zero-order chi connectivity index (χ0) is 35.6. The molecule has 0 spiro atoms. The molecule has 0 radical (unpaired) electrons. The maximum atomic E-state index is 6.73. The van der Waals surface area contributed by atoms with Crippen LogP contribution in [-0.2, 0) is 5.41 Å². The van der Waals surface area contributed by atoms with E-state index >= 15 is 0 Å². The summed E-state index contributed by atoms with van der Waals surface area (Å²) < 4.78 is 8.95. The van der Waals surface area contributed by atoms with Gasteiger partial charge in [0.2, 0.25) is 5.95 Å². The molecule has 0 saturated heterocycles. The standard InChI is InChI=1S/C49H35N3O/c1-28-23-29(2)25-32(24-28)45-37-13-6-9-15-42(37)50-48(51-45)52-43-22-18-31(30-17-21-41-38(26-30)33-11-5-8-14-40(33)49(41,3)4)27-39(43)35-19-20-36-34-12-7-10-16-44(34)53-47(36)46(35)52/h5-27H,1-4H3. The van der Waals surface area contributed by atoms with Crippen molar-refractivity contribution >= 4 is 54.6 Å². The first-order valence-electron chi connectivity index (χ1n) is 18.3. The second-order valence-corrected chi connectivity index (χ2v) is 15.2. The highest BCUT2D eigenvalue weighted by molar-refractivity contribution is 6.22. The Morgan fingerprint density at radius 2 is 1.23 bits per heavy atom. The summed E-state index contributed by atoms with van der Waals surface area (Å²) in [6.07, 6.45) is 0. The van der Waals surface area contributed by atoms with Crippen LogP contribution in [0.15, 0.2) is 144 Å². The summed E-state index contributed by atoms with van der Waals surface area (Å²) in [4.78, 5) is 10.7. The van der Waals surface area contributed by atoms with Gasteiger partial charge in [-0.15, -0.1) is 0 Å². The van der Waals surface area contributed by atoms with Gasteiger partial charge >= 0.3 is 0 Å². The lowest BCUT2D eigenvalue weighted by molar-refractivity contribution is 0.660. The van der Waals surface area contributed by atoms with Crippen molar-refractivity contribution in [1.82, 2.24) is 14.5 Å². The van der Waals surface area contributed by atoms with E-state index in [4.69, 9.17) is 14.4 Å². The highest BCUT2D eigenvalue weighted by Gasteiger charge is 2.35. The van der Waals surface area contributed by atoms with E-state index < -0.39 is 0 Å². The third-order valence-corrected chi connectivity index (χ3v) is 11.5. The molecule has 0 bridgehead atoms. The lowest BCUT2D eigenvalue weighted by Gasteiger charge is -2.21. The minimum Gasteiger partial charge on any atom is -0.454 e. The highest BCUT2D eigenvalue weighted by Crippen LogP contribution is 2.50. The Balaban J connectivity index is 1.21. The summed E-state index contributed by atoms with van der Waals surface area (Å²) in [7, 11) is 0. The second-order valence-electron chi connectivity index (χ2n) is 15.2. The predicted octanol–water partition coefficient (Wildman–Crippen LogP) is 12.9. The van der Waals surface area contributed by atoms with Crippen LogP contribution in [-0.4, -0.2) is 14.5 Å². The Labute approximate surface area is 307 Å². The smallest absolute Gasteiger partial charge is 0.235 e. The van der Waals surface area contributed by atoms with Gasteiger partial charge < -0.3 is 4.42 Å². The van der Waals surface area contributed by atoms with Gasteiger partial charge in [-0.05, 0) is 95.8 Å². The number of para-hydroxylation sites is 2. The summed E-state index contributed by atoms with van der Waals surface area (Å²) in [5.74, 6) is 0.620. The van der Waals surface area contributed by atoms with E-state index in [2.05, 4.69) is 160 Å². The lowest BCUT2D eigenvalue weighted by Crippen LogP contribution is -2.14. The number of fused-ring (bicyclic) bond motifs is 11. The predicted molar refractivity (Wildman–Crippen MR) is 219 cm³/mol. The molecule has 0 fully saturated rings. The van der Waals surface area contributed by atoms with E-state index in [-0.39, 0.29) is 5.41 Å². The van der Waals surface area contributed by atoms with E-state index in [1.807, 2.05) is 12.1 Å². The molecule has 7 aromatic carbocycles. The number of aryl methyl sites for hydroxylation is 2. The van der Waals surface area contributed by atoms with Gasteiger partial charge in [0.05, 0.1) is 16.7 Å². The molecule has 0 unspecified atom stereocenters. The number of hydrogen-bond acceptors (Lipinski definition) is 3. The van der Waals surface area contributed by atoms with Crippen LogP contribution < -0.4 is 0 Å². The van der Waals surface area contributed by atoms with Gasteiger partial charge in [-0.25, -0.2) is 9.97 Å². The van der Waals surface area contributed by atoms with Crippen molar-refractivity contribution in [2.45, 2.75) is 33.1 Å². The summed E-state index contributed by atoms with van der Waals surface area (Å²) >= 11 is 0. The minimum atomic E-state index is -0.0321. The first-order valence-corrected chi connectivity index (χ1v) is 18.3. The first-order chi connectivity index (χ1) is 25.8. The normalized spacial score (nSPS) is 13.4. The third-order valence-electron chi connectivity index (χ3n) is 11.5. The summed E-state index contributed by atoms with van der Waals surface area (Å²) in [6.45, 7) is 8.95. The van der Waals surface area contributed by atoms with Crippen molar-refractivity contribution in [3.8, 4) is 39.5 Å². The van der Waals surface area contributed by atoms with Crippen LogP contribution in [0.25, 0.3) is 94.1 Å². The fourth-order valence-corrected chi connectivity index (χ4v) is 9.06. The van der Waals surface area contributed by atoms with Gasteiger partial charge in [0.25, 0.3) is 0 Å². The second kappa shape index (κ2) is 10.8. The highest BCUT2D eigenvalue weighted by atomic mass is 16.3. The average molecular weight is 682 g/mol. The van der Waals surface area contributed by atoms with Crippen LogP contribution >= 0.6 is 0 Å². The van der Waals surface area contributed by atoms with E-state index in [0.717, 1.165) is 65.9 Å². The molecular formula is C49H35N3O. The lowest BCUT2D eigenvalue weighted by atomic mass is 9.82. The molecule has 0 saturated carbocycles. The minimum absolute atomic E-state index is 0.0321. The molecule has 10 aromatic rings. The quantitative estimate of drug-likeness (QED) is 0.186. The van der Waals surface area contributed by atoms with Crippen LogP contribution in [0.4, 0.5) is 0 Å². The van der Waals surface area contributed by atoms with E-state index in [1.165, 1.54) is 44.5 Å². The van der Waals surface area contributed by atoms with Crippen LogP contribution in [0.5, 0.6) is 0 Å². The van der Waals surface area contributed by atoms with Crippen LogP contribution in [0.3, 0.4) is 0 Å². The molecule has 0 N–H and O–H groups in total. The van der Waals surface area contributed by atoms with Gasteiger partial charge in [0.15, 0.2) is 5.58 Å². The summed E-state index contributed by atoms with van der Waals surface area (Å²) in [5.41, 5.74) is 16.8. The van der Waals surface area contributed by atoms with Crippen LogP contribution in [0.1, 0.15) is 36.1 Å². The Morgan fingerprint density at radius 1 is 0.528 bits per heavy atom. The number of furan rings is 1. The molecule has 4 heteroatoms. The topological polar surface area (TPSA) is 43.9 Å². The van der Waals surface area contributed by atoms with Gasteiger partial charge in [0.1, 0.15) is 11.1 Å². The number of rotatable bonds is 3. The van der Waals surface area contributed by atoms with Crippen LogP contribution in [0.2, 0.25) is 0 Å². The Kier molecular flexibility index (Phi) is 6.11. The molecule has 0 aliphatic heterocycles. The number of hydrogen-bond donors (Lipinski definition) is 0. The fourth-order valence-electron chi connectivity index (χ4n) is 9.06. The monoisotopic (exact) mass is 681 g/mol. The molecule has 53 heavy (non-hydrogen) atoms. The Bertz CT molecular complexity index is 3160. The van der Waals surface area contributed by atoms with Crippen molar-refractivity contribution in [2.75, 3.05) is 0 Å². The molecule has 11 rings (SSSR count). The van der Waals surface area contributed by atoms with Gasteiger partial charge in [-0.2, -0.15) is 0 Å². The molecule has 3 aromatic heterocycles. The summed E-state index contributed by atoms with van der Waals surface area (Å²) in [6, 6.07) is 50.3. The first kappa shape index (κ1) is 30.1. The van der Waals surface area contributed by atoms with Gasteiger partial charge in [-0.3, -0.25) is 4.57 Å². The Hall–Kier alpha value is -6.52. The molecule has 0 amide bonds. The molecule has 0 atom stereocenters. The van der Waals surface area contributed by atoms with E-state index in [1.54, 1.807) is 0 Å².